The first-order chi connectivity index (χ1) is 13.5. The average molecular weight is 372 g/mol. The SMILES string of the molecule is CCC(O)CCC(=O)Cc1ccc2nc(C)c(-c3ccccc3)c(C#N)c2c1. The van der Waals surface area contributed by atoms with Gasteiger partial charge in [0.2, 0.25) is 0 Å². The molecule has 3 rings (SSSR count). The Hall–Kier alpha value is -3.03. The fourth-order valence-corrected chi connectivity index (χ4v) is 3.46. The van der Waals surface area contributed by atoms with Gasteiger partial charge in [0.05, 0.1) is 17.2 Å². The van der Waals surface area contributed by atoms with Crippen LogP contribution in [0.2, 0.25) is 0 Å². The zero-order valence-corrected chi connectivity index (χ0v) is 16.3. The maximum absolute atomic E-state index is 12.3. The molecule has 0 radical (unpaired) electrons. The number of carbonyl (C=O) groups excluding carboxylic acids is 1. The standard InChI is InChI=1S/C24H24N2O2/c1-3-19(27)10-11-20(28)13-17-9-12-23-21(14-17)22(15-25)24(16(2)26-23)18-7-5-4-6-8-18/h4-9,12,14,19,27H,3,10-11,13H2,1-2H3. The monoisotopic (exact) mass is 372 g/mol. The maximum atomic E-state index is 12.3. The van der Waals surface area contributed by atoms with E-state index in [1.54, 1.807) is 0 Å². The Labute approximate surface area is 165 Å². The number of rotatable bonds is 7. The quantitative estimate of drug-likeness (QED) is 0.650. The van der Waals surface area contributed by atoms with Crippen molar-refractivity contribution in [3.63, 3.8) is 0 Å². The summed E-state index contributed by atoms with van der Waals surface area (Å²) in [6, 6.07) is 17.8. The minimum Gasteiger partial charge on any atom is -0.393 e. The van der Waals surface area contributed by atoms with Crippen molar-refractivity contribution in [1.29, 1.82) is 5.26 Å². The lowest BCUT2D eigenvalue weighted by molar-refractivity contribution is -0.119. The van der Waals surface area contributed by atoms with Crippen LogP contribution in [0.1, 0.15) is 43.0 Å². The number of pyridine rings is 1. The van der Waals surface area contributed by atoms with Gasteiger partial charge in [-0.3, -0.25) is 9.78 Å². The van der Waals surface area contributed by atoms with E-state index in [0.717, 1.165) is 33.3 Å². The van der Waals surface area contributed by atoms with E-state index < -0.39 is 6.10 Å². The third-order valence-electron chi connectivity index (χ3n) is 5.03. The second-order valence-corrected chi connectivity index (χ2v) is 7.09. The van der Waals surface area contributed by atoms with Gasteiger partial charge in [0.25, 0.3) is 0 Å². The van der Waals surface area contributed by atoms with Gasteiger partial charge in [0.15, 0.2) is 0 Å². The zero-order valence-electron chi connectivity index (χ0n) is 16.3. The number of aliphatic hydroxyl groups is 1. The largest absolute Gasteiger partial charge is 0.393 e. The highest BCUT2D eigenvalue weighted by molar-refractivity contribution is 5.93. The van der Waals surface area contributed by atoms with Crippen LogP contribution in [-0.4, -0.2) is 22.0 Å². The molecule has 0 spiro atoms. The molecule has 0 amide bonds. The van der Waals surface area contributed by atoms with Crippen molar-refractivity contribution in [1.82, 2.24) is 4.98 Å². The second kappa shape index (κ2) is 8.77. The molecule has 1 atom stereocenters. The highest BCUT2D eigenvalue weighted by atomic mass is 16.3. The summed E-state index contributed by atoms with van der Waals surface area (Å²) >= 11 is 0. The molecule has 1 aromatic heterocycles. The summed E-state index contributed by atoms with van der Waals surface area (Å²) in [5, 5.41) is 20.3. The number of benzene rings is 2. The number of aryl methyl sites for hydroxylation is 1. The van der Waals surface area contributed by atoms with E-state index in [0.29, 0.717) is 31.2 Å². The number of carbonyl (C=O) groups is 1. The van der Waals surface area contributed by atoms with Gasteiger partial charge in [-0.25, -0.2) is 0 Å². The fourth-order valence-electron chi connectivity index (χ4n) is 3.46. The Balaban J connectivity index is 1.98. The summed E-state index contributed by atoms with van der Waals surface area (Å²) in [6.07, 6.45) is 1.38. The number of ketones is 1. The number of nitrogens with zero attached hydrogens (tertiary/aromatic N) is 2. The average Bonchev–Trinajstić information content (AvgIpc) is 2.71. The molecule has 142 valence electrons. The van der Waals surface area contributed by atoms with Crippen LogP contribution in [0.5, 0.6) is 0 Å². The first-order valence-electron chi connectivity index (χ1n) is 9.62. The molecule has 4 heteroatoms. The van der Waals surface area contributed by atoms with Gasteiger partial charge in [-0.05, 0) is 43.0 Å². The number of hydrogen-bond acceptors (Lipinski definition) is 4. The normalized spacial score (nSPS) is 11.9. The molecule has 2 aromatic carbocycles. The fraction of sp³-hybridized carbons (Fsp3) is 0.292. The molecule has 0 aliphatic rings. The Morgan fingerprint density at radius 2 is 1.96 bits per heavy atom. The summed E-state index contributed by atoms with van der Waals surface area (Å²) < 4.78 is 0. The van der Waals surface area contributed by atoms with Crippen LogP contribution in [0, 0.1) is 18.3 Å². The van der Waals surface area contributed by atoms with Gasteiger partial charge in [-0.15, -0.1) is 0 Å². The molecular formula is C24H24N2O2. The van der Waals surface area contributed by atoms with Crippen LogP contribution in [0.15, 0.2) is 48.5 Å². The van der Waals surface area contributed by atoms with E-state index in [9.17, 15) is 15.2 Å². The smallest absolute Gasteiger partial charge is 0.137 e. The molecule has 0 saturated heterocycles. The number of aromatic nitrogens is 1. The number of nitriles is 1. The predicted octanol–water partition coefficient (Wildman–Crippen LogP) is 4.74. The van der Waals surface area contributed by atoms with E-state index in [1.807, 2.05) is 62.4 Å². The highest BCUT2D eigenvalue weighted by Gasteiger charge is 2.15. The zero-order chi connectivity index (χ0) is 20.1. The second-order valence-electron chi connectivity index (χ2n) is 7.09. The van der Waals surface area contributed by atoms with Crippen molar-refractivity contribution in [3.8, 4) is 17.2 Å². The van der Waals surface area contributed by atoms with Crippen LogP contribution >= 0.6 is 0 Å². The van der Waals surface area contributed by atoms with Crippen molar-refractivity contribution < 1.29 is 9.90 Å². The Bertz CT molecular complexity index is 1040. The van der Waals surface area contributed by atoms with Crippen molar-refractivity contribution in [2.24, 2.45) is 0 Å². The Morgan fingerprint density at radius 3 is 2.64 bits per heavy atom. The summed E-state index contributed by atoms with van der Waals surface area (Å²) in [5.74, 6) is 0.0914. The first-order valence-corrected chi connectivity index (χ1v) is 9.62. The van der Waals surface area contributed by atoms with E-state index in [1.165, 1.54) is 0 Å². The van der Waals surface area contributed by atoms with Gasteiger partial charge in [0, 0.05) is 29.5 Å². The van der Waals surface area contributed by atoms with Crippen molar-refractivity contribution >= 4 is 16.7 Å². The van der Waals surface area contributed by atoms with Crippen molar-refractivity contribution in [2.75, 3.05) is 0 Å². The lowest BCUT2D eigenvalue weighted by Crippen LogP contribution is -2.10. The highest BCUT2D eigenvalue weighted by Crippen LogP contribution is 2.32. The predicted molar refractivity (Wildman–Crippen MR) is 111 cm³/mol. The molecular weight excluding hydrogens is 348 g/mol. The molecule has 28 heavy (non-hydrogen) atoms. The van der Waals surface area contributed by atoms with Crippen LogP contribution < -0.4 is 0 Å². The van der Waals surface area contributed by atoms with E-state index in [4.69, 9.17) is 0 Å². The Morgan fingerprint density at radius 1 is 1.21 bits per heavy atom. The van der Waals surface area contributed by atoms with Gasteiger partial charge in [0.1, 0.15) is 11.9 Å². The number of fused-ring (bicyclic) bond motifs is 1. The van der Waals surface area contributed by atoms with Crippen LogP contribution in [0.4, 0.5) is 0 Å². The van der Waals surface area contributed by atoms with E-state index in [2.05, 4.69) is 11.1 Å². The topological polar surface area (TPSA) is 74.0 Å². The molecule has 0 fully saturated rings. The van der Waals surface area contributed by atoms with E-state index in [-0.39, 0.29) is 5.78 Å². The van der Waals surface area contributed by atoms with Crippen LogP contribution in [0.25, 0.3) is 22.0 Å². The number of aliphatic hydroxyl groups excluding tert-OH is 1. The van der Waals surface area contributed by atoms with Crippen LogP contribution in [0.3, 0.4) is 0 Å². The van der Waals surface area contributed by atoms with Gasteiger partial charge < -0.3 is 5.11 Å². The van der Waals surface area contributed by atoms with E-state index >= 15 is 0 Å². The maximum Gasteiger partial charge on any atom is 0.137 e. The molecule has 0 saturated carbocycles. The molecule has 1 heterocycles. The lowest BCUT2D eigenvalue weighted by atomic mass is 9.94. The molecule has 1 N–H and O–H groups in total. The third-order valence-corrected chi connectivity index (χ3v) is 5.03. The van der Waals surface area contributed by atoms with Crippen molar-refractivity contribution in [2.45, 2.75) is 45.6 Å². The minimum absolute atomic E-state index is 0.0914. The first kappa shape index (κ1) is 19.7. The Kier molecular flexibility index (Phi) is 6.18. The summed E-state index contributed by atoms with van der Waals surface area (Å²) in [5.41, 5.74) is 4.82. The molecule has 0 aliphatic carbocycles. The molecule has 4 nitrogen and oxygen atoms in total. The minimum atomic E-state index is -0.425. The van der Waals surface area contributed by atoms with Gasteiger partial charge in [-0.2, -0.15) is 5.26 Å². The summed E-state index contributed by atoms with van der Waals surface area (Å²) in [7, 11) is 0. The summed E-state index contributed by atoms with van der Waals surface area (Å²) in [6.45, 7) is 3.82. The number of hydrogen-bond donors (Lipinski definition) is 1. The molecule has 0 bridgehead atoms. The van der Waals surface area contributed by atoms with Crippen molar-refractivity contribution in [3.05, 3.63) is 65.4 Å². The summed E-state index contributed by atoms with van der Waals surface area (Å²) in [4.78, 5) is 17.0. The molecule has 1 unspecified atom stereocenters. The molecule has 0 aliphatic heterocycles. The van der Waals surface area contributed by atoms with Gasteiger partial charge in [-0.1, -0.05) is 43.3 Å². The lowest BCUT2D eigenvalue weighted by Gasteiger charge is -2.12. The third kappa shape index (κ3) is 4.27. The number of Topliss-reactive ketones (excluding diaryl/α,β-unsaturated/α-hetero) is 1. The van der Waals surface area contributed by atoms with Gasteiger partial charge >= 0.3 is 0 Å². The molecule has 3 aromatic rings. The van der Waals surface area contributed by atoms with Crippen LogP contribution in [-0.2, 0) is 11.2 Å².